The van der Waals surface area contributed by atoms with E-state index in [0.29, 0.717) is 5.91 Å². The van der Waals surface area contributed by atoms with Gasteiger partial charge in [-0.15, -0.1) is 0 Å². The van der Waals surface area contributed by atoms with E-state index in [4.69, 9.17) is 0 Å². The van der Waals surface area contributed by atoms with E-state index in [9.17, 15) is 9.90 Å². The molecule has 1 fully saturated rings. The minimum atomic E-state index is -0.227. The Morgan fingerprint density at radius 2 is 1.94 bits per heavy atom. The van der Waals surface area contributed by atoms with Crippen molar-refractivity contribution in [3.05, 3.63) is 0 Å². The Morgan fingerprint density at radius 1 is 1.35 bits per heavy atom. The molecule has 1 heterocycles. The van der Waals surface area contributed by atoms with E-state index < -0.39 is 0 Å². The molecule has 2 unspecified atom stereocenters. The molecule has 100 valence electrons. The summed E-state index contributed by atoms with van der Waals surface area (Å²) in [6.07, 6.45) is 4.65. The maximum atomic E-state index is 12.4. The van der Waals surface area contributed by atoms with Crippen molar-refractivity contribution >= 4 is 5.91 Å². The Labute approximate surface area is 105 Å². The van der Waals surface area contributed by atoms with Crippen molar-refractivity contribution in [2.24, 2.45) is 11.8 Å². The summed E-state index contributed by atoms with van der Waals surface area (Å²) in [7, 11) is 0. The third-order valence-electron chi connectivity index (χ3n) is 3.80. The predicted octanol–water partition coefficient (Wildman–Crippen LogP) is 2.43. The van der Waals surface area contributed by atoms with Crippen LogP contribution in [0.4, 0.5) is 0 Å². The summed E-state index contributed by atoms with van der Waals surface area (Å²) in [5.41, 5.74) is 0. The van der Waals surface area contributed by atoms with E-state index in [1.807, 2.05) is 11.8 Å². The molecule has 0 aromatic heterocycles. The Balaban J connectivity index is 2.55. The first-order valence-electron chi connectivity index (χ1n) is 7.06. The maximum Gasteiger partial charge on any atom is 0.225 e. The fourth-order valence-electron chi connectivity index (χ4n) is 2.68. The molecule has 0 bridgehead atoms. The van der Waals surface area contributed by atoms with Crippen molar-refractivity contribution < 1.29 is 9.90 Å². The zero-order valence-electron chi connectivity index (χ0n) is 11.5. The average Bonchev–Trinajstić information content (AvgIpc) is 2.31. The van der Waals surface area contributed by atoms with Crippen LogP contribution in [0, 0.1) is 11.8 Å². The highest BCUT2D eigenvalue weighted by Crippen LogP contribution is 2.22. The fraction of sp³-hybridized carbons (Fsp3) is 0.929. The van der Waals surface area contributed by atoms with Gasteiger partial charge in [-0.25, -0.2) is 0 Å². The molecule has 2 atom stereocenters. The van der Waals surface area contributed by atoms with Gasteiger partial charge < -0.3 is 10.0 Å². The lowest BCUT2D eigenvalue weighted by Crippen LogP contribution is -2.47. The molecule has 17 heavy (non-hydrogen) atoms. The molecular formula is C14H27NO2. The zero-order valence-corrected chi connectivity index (χ0v) is 11.5. The molecule has 3 heteroatoms. The summed E-state index contributed by atoms with van der Waals surface area (Å²) in [5.74, 6) is 0.733. The van der Waals surface area contributed by atoms with Crippen LogP contribution in [-0.4, -0.2) is 35.1 Å². The second-order valence-corrected chi connectivity index (χ2v) is 5.39. The lowest BCUT2D eigenvalue weighted by atomic mass is 9.92. The van der Waals surface area contributed by atoms with Gasteiger partial charge in [0.25, 0.3) is 0 Å². The molecule has 1 N–H and O–H groups in total. The summed E-state index contributed by atoms with van der Waals surface area (Å²) in [6.45, 7) is 7.76. The van der Waals surface area contributed by atoms with Crippen LogP contribution in [0.25, 0.3) is 0 Å². The van der Waals surface area contributed by atoms with Gasteiger partial charge in [-0.2, -0.15) is 0 Å². The second-order valence-electron chi connectivity index (χ2n) is 5.39. The SMILES string of the molecule is CCCC(CCC)C(=O)N1CCC(O)C(C)C1. The number of hydrogen-bond acceptors (Lipinski definition) is 2. The number of carbonyl (C=O) groups excluding carboxylic acids is 1. The number of amides is 1. The quantitative estimate of drug-likeness (QED) is 0.803. The standard InChI is InChI=1S/C14H27NO2/c1-4-6-12(7-5-2)14(17)15-9-8-13(16)11(3)10-15/h11-13,16H,4-10H2,1-3H3. The van der Waals surface area contributed by atoms with Crippen LogP contribution in [0.15, 0.2) is 0 Å². The van der Waals surface area contributed by atoms with Crippen LogP contribution in [0.2, 0.25) is 0 Å². The highest BCUT2D eigenvalue weighted by Gasteiger charge is 2.30. The number of carbonyl (C=O) groups is 1. The zero-order chi connectivity index (χ0) is 12.8. The number of piperidine rings is 1. The van der Waals surface area contributed by atoms with Gasteiger partial charge in [0.05, 0.1) is 6.10 Å². The lowest BCUT2D eigenvalue weighted by Gasteiger charge is -2.36. The Bertz CT molecular complexity index is 236. The maximum absolute atomic E-state index is 12.4. The van der Waals surface area contributed by atoms with E-state index in [0.717, 1.165) is 45.2 Å². The van der Waals surface area contributed by atoms with E-state index in [1.54, 1.807) is 0 Å². The van der Waals surface area contributed by atoms with Crippen LogP contribution in [0.1, 0.15) is 52.9 Å². The van der Waals surface area contributed by atoms with E-state index in [1.165, 1.54) is 0 Å². The van der Waals surface area contributed by atoms with Gasteiger partial charge in [0.1, 0.15) is 0 Å². The number of aliphatic hydroxyl groups is 1. The van der Waals surface area contributed by atoms with Crippen LogP contribution < -0.4 is 0 Å². The Kier molecular flexibility index (Phi) is 5.96. The number of hydrogen-bond donors (Lipinski definition) is 1. The first-order valence-corrected chi connectivity index (χ1v) is 7.06. The minimum Gasteiger partial charge on any atom is -0.393 e. The lowest BCUT2D eigenvalue weighted by molar-refractivity contribution is -0.139. The normalized spacial score (nSPS) is 25.4. The van der Waals surface area contributed by atoms with Crippen LogP contribution in [0.3, 0.4) is 0 Å². The van der Waals surface area contributed by atoms with Crippen molar-refractivity contribution in [1.29, 1.82) is 0 Å². The Hall–Kier alpha value is -0.570. The molecule has 0 aromatic rings. The number of aliphatic hydroxyl groups excluding tert-OH is 1. The average molecular weight is 241 g/mol. The summed E-state index contributed by atoms with van der Waals surface area (Å²) in [4.78, 5) is 14.3. The summed E-state index contributed by atoms with van der Waals surface area (Å²) in [5, 5.41) is 9.68. The van der Waals surface area contributed by atoms with Crippen molar-refractivity contribution in [3.63, 3.8) is 0 Å². The smallest absolute Gasteiger partial charge is 0.225 e. The molecule has 1 aliphatic rings. The van der Waals surface area contributed by atoms with E-state index in [2.05, 4.69) is 13.8 Å². The van der Waals surface area contributed by atoms with Gasteiger partial charge in [-0.3, -0.25) is 4.79 Å². The molecule has 0 spiro atoms. The molecule has 0 aliphatic carbocycles. The third kappa shape index (κ3) is 3.98. The molecule has 1 aliphatic heterocycles. The van der Waals surface area contributed by atoms with E-state index >= 15 is 0 Å². The number of nitrogens with zero attached hydrogens (tertiary/aromatic N) is 1. The summed E-state index contributed by atoms with van der Waals surface area (Å²) < 4.78 is 0. The van der Waals surface area contributed by atoms with Crippen molar-refractivity contribution in [1.82, 2.24) is 4.90 Å². The highest BCUT2D eigenvalue weighted by atomic mass is 16.3. The van der Waals surface area contributed by atoms with Gasteiger partial charge in [-0.05, 0) is 25.2 Å². The molecule has 1 amide bonds. The predicted molar refractivity (Wildman–Crippen MR) is 69.7 cm³/mol. The summed E-state index contributed by atoms with van der Waals surface area (Å²) in [6, 6.07) is 0. The van der Waals surface area contributed by atoms with Crippen LogP contribution >= 0.6 is 0 Å². The van der Waals surface area contributed by atoms with Crippen molar-refractivity contribution in [2.45, 2.75) is 59.0 Å². The summed E-state index contributed by atoms with van der Waals surface area (Å²) >= 11 is 0. The van der Waals surface area contributed by atoms with Crippen LogP contribution in [-0.2, 0) is 4.79 Å². The molecule has 1 rings (SSSR count). The van der Waals surface area contributed by atoms with Crippen molar-refractivity contribution in [3.8, 4) is 0 Å². The molecule has 1 saturated heterocycles. The van der Waals surface area contributed by atoms with Crippen LogP contribution in [0.5, 0.6) is 0 Å². The van der Waals surface area contributed by atoms with Gasteiger partial charge in [-0.1, -0.05) is 33.6 Å². The molecule has 0 radical (unpaired) electrons. The topological polar surface area (TPSA) is 40.5 Å². The second kappa shape index (κ2) is 7.00. The largest absolute Gasteiger partial charge is 0.393 e. The molecule has 0 aromatic carbocycles. The number of likely N-dealkylation sites (tertiary alicyclic amines) is 1. The Morgan fingerprint density at radius 3 is 2.41 bits per heavy atom. The van der Waals surface area contributed by atoms with Gasteiger partial charge in [0.15, 0.2) is 0 Å². The highest BCUT2D eigenvalue weighted by molar-refractivity contribution is 5.78. The fourth-order valence-corrected chi connectivity index (χ4v) is 2.68. The first kappa shape index (κ1) is 14.5. The third-order valence-corrected chi connectivity index (χ3v) is 3.80. The molecule has 0 saturated carbocycles. The first-order chi connectivity index (χ1) is 8.10. The van der Waals surface area contributed by atoms with Gasteiger partial charge in [0.2, 0.25) is 5.91 Å². The monoisotopic (exact) mass is 241 g/mol. The minimum absolute atomic E-state index is 0.201. The van der Waals surface area contributed by atoms with Gasteiger partial charge >= 0.3 is 0 Å². The molecule has 3 nitrogen and oxygen atoms in total. The number of rotatable bonds is 5. The molecular weight excluding hydrogens is 214 g/mol. The van der Waals surface area contributed by atoms with E-state index in [-0.39, 0.29) is 17.9 Å². The van der Waals surface area contributed by atoms with Crippen molar-refractivity contribution in [2.75, 3.05) is 13.1 Å². The van der Waals surface area contributed by atoms with Gasteiger partial charge in [0, 0.05) is 19.0 Å².